The minimum Gasteiger partial charge on any atom is -0.322 e. The number of hydrogen-bond acceptors (Lipinski definition) is 2. The van der Waals surface area contributed by atoms with Gasteiger partial charge in [0.25, 0.3) is 5.91 Å². The zero-order chi connectivity index (χ0) is 17.2. The van der Waals surface area contributed by atoms with E-state index in [0.29, 0.717) is 16.3 Å². The second kappa shape index (κ2) is 6.42. The summed E-state index contributed by atoms with van der Waals surface area (Å²) in [6.07, 6.45) is 0. The first kappa shape index (κ1) is 15.4. The summed E-state index contributed by atoms with van der Waals surface area (Å²) in [5, 5.41) is 11.7. The van der Waals surface area contributed by atoms with E-state index in [1.165, 1.54) is 0 Å². The molecule has 0 aliphatic rings. The van der Waals surface area contributed by atoms with Crippen LogP contribution in [0.5, 0.6) is 0 Å². The van der Waals surface area contributed by atoms with Crippen LogP contribution in [0.15, 0.2) is 72.8 Å². The number of rotatable bonds is 3. The Labute approximate surface area is 149 Å². The Morgan fingerprint density at radius 1 is 0.960 bits per heavy atom. The number of nitrogens with zero attached hydrogens (tertiary/aromatic N) is 1. The van der Waals surface area contributed by atoms with Gasteiger partial charge in [0.15, 0.2) is 0 Å². The predicted molar refractivity (Wildman–Crippen MR) is 101 cm³/mol. The van der Waals surface area contributed by atoms with Crippen molar-refractivity contribution < 1.29 is 4.79 Å². The molecule has 2 N–H and O–H groups in total. The van der Waals surface area contributed by atoms with Gasteiger partial charge in [-0.3, -0.25) is 9.89 Å². The van der Waals surface area contributed by atoms with Crippen LogP contribution in [0.2, 0.25) is 5.02 Å². The molecule has 3 aromatic carbocycles. The molecule has 0 fully saturated rings. The number of aromatic amines is 1. The molecular formula is C20H14ClN3O. The Morgan fingerprint density at radius 2 is 1.80 bits per heavy atom. The standard InChI is InChI=1S/C20H14ClN3O/c21-15-7-4-8-16(12-15)22-20(25)14-9-10-18-17(11-14)19(24-23-18)13-5-2-1-3-6-13/h1-12H,(H,22,25)(H,23,24). The molecule has 1 aromatic heterocycles. The van der Waals surface area contributed by atoms with Crippen LogP contribution in [-0.4, -0.2) is 16.1 Å². The van der Waals surface area contributed by atoms with Crippen LogP contribution in [0.1, 0.15) is 10.4 Å². The normalized spacial score (nSPS) is 10.8. The van der Waals surface area contributed by atoms with Gasteiger partial charge in [-0.15, -0.1) is 0 Å². The van der Waals surface area contributed by atoms with E-state index in [-0.39, 0.29) is 5.91 Å². The van der Waals surface area contributed by atoms with E-state index in [4.69, 9.17) is 11.6 Å². The quantitative estimate of drug-likeness (QED) is 0.539. The molecule has 4 aromatic rings. The number of anilines is 1. The Bertz CT molecular complexity index is 1060. The van der Waals surface area contributed by atoms with Gasteiger partial charge in [-0.25, -0.2) is 0 Å². The summed E-state index contributed by atoms with van der Waals surface area (Å²) in [5.41, 5.74) is 3.94. The van der Waals surface area contributed by atoms with E-state index in [0.717, 1.165) is 22.2 Å². The highest BCUT2D eigenvalue weighted by atomic mass is 35.5. The van der Waals surface area contributed by atoms with Crippen molar-refractivity contribution in [1.82, 2.24) is 10.2 Å². The third-order valence-corrected chi connectivity index (χ3v) is 4.19. The highest BCUT2D eigenvalue weighted by Gasteiger charge is 2.12. The first-order chi connectivity index (χ1) is 12.2. The molecule has 4 rings (SSSR count). The maximum Gasteiger partial charge on any atom is 0.255 e. The maximum absolute atomic E-state index is 12.6. The molecule has 0 aliphatic carbocycles. The van der Waals surface area contributed by atoms with Gasteiger partial charge in [0, 0.05) is 27.2 Å². The average Bonchev–Trinajstić information content (AvgIpc) is 3.05. The number of fused-ring (bicyclic) bond motifs is 1. The summed E-state index contributed by atoms with van der Waals surface area (Å²) in [6.45, 7) is 0. The van der Waals surface area contributed by atoms with Crippen LogP contribution in [0.3, 0.4) is 0 Å². The fraction of sp³-hybridized carbons (Fsp3) is 0. The lowest BCUT2D eigenvalue weighted by Crippen LogP contribution is -2.11. The number of carbonyl (C=O) groups is 1. The Morgan fingerprint density at radius 3 is 2.60 bits per heavy atom. The highest BCUT2D eigenvalue weighted by molar-refractivity contribution is 6.31. The van der Waals surface area contributed by atoms with Crippen molar-refractivity contribution in [2.45, 2.75) is 0 Å². The van der Waals surface area contributed by atoms with Gasteiger partial charge in [-0.2, -0.15) is 5.10 Å². The molecule has 0 unspecified atom stereocenters. The zero-order valence-corrected chi connectivity index (χ0v) is 13.9. The summed E-state index contributed by atoms with van der Waals surface area (Å²) < 4.78 is 0. The van der Waals surface area contributed by atoms with Gasteiger partial charge in [-0.1, -0.05) is 48.0 Å². The fourth-order valence-electron chi connectivity index (χ4n) is 2.74. The number of nitrogens with one attached hydrogen (secondary N) is 2. The minimum absolute atomic E-state index is 0.190. The van der Waals surface area contributed by atoms with Crippen molar-refractivity contribution in [3.8, 4) is 11.3 Å². The number of hydrogen-bond donors (Lipinski definition) is 2. The van der Waals surface area contributed by atoms with Gasteiger partial charge in [0.05, 0.1) is 11.2 Å². The summed E-state index contributed by atoms with van der Waals surface area (Å²) >= 11 is 5.96. The third-order valence-electron chi connectivity index (χ3n) is 3.95. The van der Waals surface area contributed by atoms with Crippen LogP contribution < -0.4 is 5.32 Å². The highest BCUT2D eigenvalue weighted by Crippen LogP contribution is 2.27. The lowest BCUT2D eigenvalue weighted by molar-refractivity contribution is 0.102. The Kier molecular flexibility index (Phi) is 3.96. The third kappa shape index (κ3) is 3.12. The van der Waals surface area contributed by atoms with E-state index < -0.39 is 0 Å². The molecule has 0 radical (unpaired) electrons. The van der Waals surface area contributed by atoms with E-state index in [2.05, 4.69) is 15.5 Å². The molecule has 122 valence electrons. The van der Waals surface area contributed by atoms with Crippen LogP contribution in [0, 0.1) is 0 Å². The topological polar surface area (TPSA) is 57.8 Å². The predicted octanol–water partition coefficient (Wildman–Crippen LogP) is 5.14. The monoisotopic (exact) mass is 347 g/mol. The van der Waals surface area contributed by atoms with E-state index in [9.17, 15) is 4.79 Å². The Balaban J connectivity index is 1.70. The van der Waals surface area contributed by atoms with E-state index >= 15 is 0 Å². The smallest absolute Gasteiger partial charge is 0.255 e. The summed E-state index contributed by atoms with van der Waals surface area (Å²) in [4.78, 5) is 12.6. The minimum atomic E-state index is -0.190. The van der Waals surface area contributed by atoms with Crippen LogP contribution in [-0.2, 0) is 0 Å². The van der Waals surface area contributed by atoms with E-state index in [1.54, 1.807) is 30.3 Å². The van der Waals surface area contributed by atoms with Gasteiger partial charge in [-0.05, 0) is 36.4 Å². The van der Waals surface area contributed by atoms with Gasteiger partial charge in [0.2, 0.25) is 0 Å². The SMILES string of the molecule is O=C(Nc1cccc(Cl)c1)c1ccc2[nH]nc(-c3ccccc3)c2c1. The number of carbonyl (C=O) groups excluding carboxylic acids is 1. The molecule has 0 atom stereocenters. The maximum atomic E-state index is 12.6. The van der Waals surface area contributed by atoms with Gasteiger partial charge in [0.1, 0.15) is 0 Å². The first-order valence-electron chi connectivity index (χ1n) is 7.81. The zero-order valence-electron chi connectivity index (χ0n) is 13.2. The van der Waals surface area contributed by atoms with Crippen molar-refractivity contribution in [3.63, 3.8) is 0 Å². The number of H-pyrrole nitrogens is 1. The molecule has 1 amide bonds. The largest absolute Gasteiger partial charge is 0.322 e. The molecule has 4 nitrogen and oxygen atoms in total. The molecule has 25 heavy (non-hydrogen) atoms. The molecule has 0 saturated heterocycles. The van der Waals surface area contributed by atoms with Crippen molar-refractivity contribution in [3.05, 3.63) is 83.4 Å². The van der Waals surface area contributed by atoms with Crippen molar-refractivity contribution >= 4 is 34.1 Å². The number of aromatic nitrogens is 2. The summed E-state index contributed by atoms with van der Waals surface area (Å²) in [7, 11) is 0. The van der Waals surface area contributed by atoms with E-state index in [1.807, 2.05) is 42.5 Å². The van der Waals surface area contributed by atoms with Crippen LogP contribution >= 0.6 is 11.6 Å². The van der Waals surface area contributed by atoms with Crippen molar-refractivity contribution in [2.24, 2.45) is 0 Å². The van der Waals surface area contributed by atoms with Crippen molar-refractivity contribution in [1.29, 1.82) is 0 Å². The molecule has 0 bridgehead atoms. The summed E-state index contributed by atoms with van der Waals surface area (Å²) in [5.74, 6) is -0.190. The molecule has 0 aliphatic heterocycles. The number of halogens is 1. The molecule has 5 heteroatoms. The second-order valence-electron chi connectivity index (χ2n) is 5.66. The molecular weight excluding hydrogens is 334 g/mol. The number of amides is 1. The first-order valence-corrected chi connectivity index (χ1v) is 8.19. The Hall–Kier alpha value is -3.11. The molecule has 1 heterocycles. The van der Waals surface area contributed by atoms with Crippen molar-refractivity contribution in [2.75, 3.05) is 5.32 Å². The fourth-order valence-corrected chi connectivity index (χ4v) is 2.93. The molecule has 0 spiro atoms. The van der Waals surface area contributed by atoms with Crippen LogP contribution in [0.25, 0.3) is 22.2 Å². The lowest BCUT2D eigenvalue weighted by atomic mass is 10.1. The van der Waals surface area contributed by atoms with Gasteiger partial charge >= 0.3 is 0 Å². The summed E-state index contributed by atoms with van der Waals surface area (Å²) in [6, 6.07) is 22.4. The van der Waals surface area contributed by atoms with Gasteiger partial charge < -0.3 is 5.32 Å². The lowest BCUT2D eigenvalue weighted by Gasteiger charge is -2.06. The molecule has 0 saturated carbocycles. The second-order valence-corrected chi connectivity index (χ2v) is 6.10. The van der Waals surface area contributed by atoms with Crippen LogP contribution in [0.4, 0.5) is 5.69 Å². The average molecular weight is 348 g/mol. The number of benzene rings is 3.